The summed E-state index contributed by atoms with van der Waals surface area (Å²) in [6, 6.07) is 0. The third-order valence-corrected chi connectivity index (χ3v) is 1.50. The predicted octanol–water partition coefficient (Wildman–Crippen LogP) is 1.70. The predicted molar refractivity (Wildman–Crippen MR) is 44.1 cm³/mol. The van der Waals surface area contributed by atoms with Crippen LogP contribution in [0.4, 0.5) is 0 Å². The Bertz CT molecular complexity index is 183. The molecule has 0 aliphatic rings. The van der Waals surface area contributed by atoms with E-state index in [0.29, 0.717) is 0 Å². The summed E-state index contributed by atoms with van der Waals surface area (Å²) in [7, 11) is 0. The molecular formula is C6H8IN2. The molecule has 49 valence electrons. The summed E-state index contributed by atoms with van der Waals surface area (Å²) in [5.74, 6) is 0. The van der Waals surface area contributed by atoms with Crippen LogP contribution in [0.1, 0.15) is 13.3 Å². The highest BCUT2D eigenvalue weighted by molar-refractivity contribution is 14.1. The van der Waals surface area contributed by atoms with Crippen molar-refractivity contribution in [1.82, 2.24) is 9.78 Å². The van der Waals surface area contributed by atoms with Gasteiger partial charge in [-0.25, -0.2) is 0 Å². The van der Waals surface area contributed by atoms with Crippen LogP contribution >= 0.6 is 22.6 Å². The third-order valence-electron chi connectivity index (χ3n) is 0.982. The van der Waals surface area contributed by atoms with Gasteiger partial charge in [0.25, 0.3) is 0 Å². The summed E-state index contributed by atoms with van der Waals surface area (Å²) >= 11 is 2.20. The summed E-state index contributed by atoms with van der Waals surface area (Å²) < 4.78 is 2.92. The first-order valence-corrected chi connectivity index (χ1v) is 4.01. The van der Waals surface area contributed by atoms with Crippen molar-refractivity contribution in [2.24, 2.45) is 0 Å². The van der Waals surface area contributed by atoms with Crippen LogP contribution in [0.25, 0.3) is 0 Å². The zero-order valence-corrected chi connectivity index (χ0v) is 7.42. The van der Waals surface area contributed by atoms with Crippen LogP contribution in [0.3, 0.4) is 0 Å². The second-order valence-electron chi connectivity index (χ2n) is 1.83. The third kappa shape index (κ3) is 1.97. The lowest BCUT2D eigenvalue weighted by atomic mass is 10.5. The largest absolute Gasteiger partial charge is 0.262 e. The number of aromatic nitrogens is 2. The minimum atomic E-state index is 0.975. The topological polar surface area (TPSA) is 17.8 Å². The number of halogens is 1. The van der Waals surface area contributed by atoms with E-state index in [4.69, 9.17) is 0 Å². The zero-order chi connectivity index (χ0) is 6.69. The van der Waals surface area contributed by atoms with E-state index in [1.807, 2.05) is 10.9 Å². The Kier molecular flexibility index (Phi) is 2.50. The maximum atomic E-state index is 4.06. The van der Waals surface area contributed by atoms with E-state index in [1.54, 1.807) is 0 Å². The van der Waals surface area contributed by atoms with E-state index in [9.17, 15) is 0 Å². The van der Waals surface area contributed by atoms with Crippen molar-refractivity contribution in [3.8, 4) is 0 Å². The number of nitrogens with zero attached hydrogens (tertiary/aromatic N) is 2. The SMILES string of the molecule is CCCn1[c]c(I)cn1. The Labute approximate surface area is 68.4 Å². The molecule has 2 nitrogen and oxygen atoms in total. The molecule has 0 bridgehead atoms. The van der Waals surface area contributed by atoms with Gasteiger partial charge in [-0.1, -0.05) is 6.92 Å². The molecule has 9 heavy (non-hydrogen) atoms. The van der Waals surface area contributed by atoms with Crippen LogP contribution in [0.15, 0.2) is 6.20 Å². The van der Waals surface area contributed by atoms with E-state index in [2.05, 4.69) is 40.8 Å². The van der Waals surface area contributed by atoms with Crippen LogP contribution in [0, 0.1) is 9.77 Å². The smallest absolute Gasteiger partial charge is 0.101 e. The molecule has 0 unspecified atom stereocenters. The van der Waals surface area contributed by atoms with Crippen molar-refractivity contribution in [2.45, 2.75) is 19.9 Å². The van der Waals surface area contributed by atoms with Crippen molar-refractivity contribution in [3.63, 3.8) is 0 Å². The molecule has 0 aliphatic heterocycles. The highest BCUT2D eigenvalue weighted by Gasteiger charge is 1.91. The van der Waals surface area contributed by atoms with Crippen LogP contribution in [-0.2, 0) is 6.54 Å². The van der Waals surface area contributed by atoms with Gasteiger partial charge in [-0.2, -0.15) is 5.10 Å². The Hall–Kier alpha value is -0.0600. The molecule has 0 atom stereocenters. The molecule has 3 heteroatoms. The molecule has 1 aromatic heterocycles. The van der Waals surface area contributed by atoms with Gasteiger partial charge < -0.3 is 0 Å². The van der Waals surface area contributed by atoms with Gasteiger partial charge >= 0.3 is 0 Å². The summed E-state index contributed by atoms with van der Waals surface area (Å²) in [6.45, 7) is 3.10. The zero-order valence-electron chi connectivity index (χ0n) is 5.26. The van der Waals surface area contributed by atoms with Gasteiger partial charge in [0.2, 0.25) is 0 Å². The molecule has 0 N–H and O–H groups in total. The fourth-order valence-corrected chi connectivity index (χ4v) is 1.03. The average Bonchev–Trinajstić information content (AvgIpc) is 2.17. The molecule has 0 aliphatic carbocycles. The molecule has 0 saturated carbocycles. The number of hydrogen-bond acceptors (Lipinski definition) is 1. The van der Waals surface area contributed by atoms with Crippen molar-refractivity contribution in [2.75, 3.05) is 0 Å². The highest BCUT2D eigenvalue weighted by Crippen LogP contribution is 1.99. The van der Waals surface area contributed by atoms with E-state index >= 15 is 0 Å². The lowest BCUT2D eigenvalue weighted by molar-refractivity contribution is 0.598. The average molecular weight is 235 g/mol. The Balaban J connectivity index is 2.61. The maximum Gasteiger partial charge on any atom is 0.101 e. The minimum Gasteiger partial charge on any atom is -0.262 e. The summed E-state index contributed by atoms with van der Waals surface area (Å²) in [5.41, 5.74) is 0. The molecule has 0 spiro atoms. The highest BCUT2D eigenvalue weighted by atomic mass is 127. The quantitative estimate of drug-likeness (QED) is 0.713. The van der Waals surface area contributed by atoms with Crippen LogP contribution < -0.4 is 0 Å². The first-order valence-electron chi connectivity index (χ1n) is 2.93. The first kappa shape index (κ1) is 7.05. The molecule has 0 aromatic carbocycles. The monoisotopic (exact) mass is 235 g/mol. The molecule has 0 fully saturated rings. The molecule has 0 saturated heterocycles. The van der Waals surface area contributed by atoms with E-state index in [1.165, 1.54) is 0 Å². The first-order chi connectivity index (χ1) is 4.33. The summed E-state index contributed by atoms with van der Waals surface area (Å²) in [5, 5.41) is 4.06. The van der Waals surface area contributed by atoms with Gasteiger partial charge in [0.1, 0.15) is 6.20 Å². The van der Waals surface area contributed by atoms with E-state index in [0.717, 1.165) is 16.5 Å². The molecule has 1 radical (unpaired) electrons. The number of rotatable bonds is 2. The molecule has 1 heterocycles. The van der Waals surface area contributed by atoms with E-state index in [-0.39, 0.29) is 0 Å². The fourth-order valence-electron chi connectivity index (χ4n) is 0.627. The maximum absolute atomic E-state index is 4.06. The van der Waals surface area contributed by atoms with Gasteiger partial charge in [0.05, 0.1) is 9.77 Å². The Morgan fingerprint density at radius 3 is 3.11 bits per heavy atom. The normalized spacial score (nSPS) is 10.0. The summed E-state index contributed by atoms with van der Waals surface area (Å²) in [4.78, 5) is 0. The second kappa shape index (κ2) is 3.20. The van der Waals surface area contributed by atoms with Gasteiger partial charge in [0.15, 0.2) is 0 Å². The minimum absolute atomic E-state index is 0.975. The molecule has 0 amide bonds. The summed E-state index contributed by atoms with van der Waals surface area (Å²) in [6.07, 6.45) is 6.00. The molecular weight excluding hydrogens is 227 g/mol. The lowest BCUT2D eigenvalue weighted by Gasteiger charge is -1.92. The lowest BCUT2D eigenvalue weighted by Crippen LogP contribution is -1.95. The number of aryl methyl sites for hydroxylation is 1. The van der Waals surface area contributed by atoms with Crippen LogP contribution in [-0.4, -0.2) is 9.78 Å². The Morgan fingerprint density at radius 2 is 2.67 bits per heavy atom. The molecule has 1 rings (SSSR count). The van der Waals surface area contributed by atoms with Crippen LogP contribution in [0.5, 0.6) is 0 Å². The van der Waals surface area contributed by atoms with Crippen molar-refractivity contribution >= 4 is 22.6 Å². The number of hydrogen-bond donors (Lipinski definition) is 0. The van der Waals surface area contributed by atoms with Crippen LogP contribution in [0.2, 0.25) is 0 Å². The van der Waals surface area contributed by atoms with Crippen molar-refractivity contribution in [3.05, 3.63) is 16.0 Å². The van der Waals surface area contributed by atoms with Crippen molar-refractivity contribution in [1.29, 1.82) is 0 Å². The fraction of sp³-hybridized carbons (Fsp3) is 0.500. The van der Waals surface area contributed by atoms with Gasteiger partial charge in [-0.15, -0.1) is 0 Å². The van der Waals surface area contributed by atoms with Gasteiger partial charge in [-0.3, -0.25) is 4.68 Å². The standard InChI is InChI=1S/C6H8IN2/c1-2-3-9-5-6(7)4-8-9/h4H,2-3H2,1H3. The molecule has 1 aromatic rings. The Morgan fingerprint density at radius 1 is 1.89 bits per heavy atom. The second-order valence-corrected chi connectivity index (χ2v) is 2.99. The van der Waals surface area contributed by atoms with Gasteiger partial charge in [-0.05, 0) is 29.0 Å². The van der Waals surface area contributed by atoms with Gasteiger partial charge in [0, 0.05) is 6.54 Å². The van der Waals surface area contributed by atoms with E-state index < -0.39 is 0 Å². The van der Waals surface area contributed by atoms with Crippen molar-refractivity contribution < 1.29 is 0 Å².